The Labute approximate surface area is 190 Å². The van der Waals surface area contributed by atoms with E-state index < -0.39 is 0 Å². The van der Waals surface area contributed by atoms with E-state index in [4.69, 9.17) is 6.57 Å². The van der Waals surface area contributed by atoms with Crippen LogP contribution in [0.25, 0.3) is 38.2 Å². The van der Waals surface area contributed by atoms with E-state index in [1.165, 1.54) is 0 Å². The lowest BCUT2D eigenvalue weighted by atomic mass is 9.93. The highest BCUT2D eigenvalue weighted by Crippen LogP contribution is 2.43. The number of aryl methyl sites for hydroxylation is 2. The molecule has 3 heteroatoms. The maximum atomic E-state index is 13.4. The van der Waals surface area contributed by atoms with E-state index in [2.05, 4.69) is 58.9 Å². The minimum Gasteiger partial charge on any atom is -0.289 e. The molecule has 31 heavy (non-hydrogen) atoms. The first-order chi connectivity index (χ1) is 15.0. The van der Waals surface area contributed by atoms with Gasteiger partial charge in [0.2, 0.25) is 0 Å². The fraction of sp³-hybridized carbons (Fsp3) is 0.0714. The van der Waals surface area contributed by atoms with E-state index in [0.29, 0.717) is 5.69 Å². The molecule has 0 fully saturated rings. The number of hydrogen-bond donors (Lipinski definition) is 0. The van der Waals surface area contributed by atoms with Crippen molar-refractivity contribution in [2.24, 2.45) is 0 Å². The molecule has 0 amide bonds. The minimum atomic E-state index is 0.0717. The lowest BCUT2D eigenvalue weighted by molar-refractivity contribution is 0.104. The van der Waals surface area contributed by atoms with Gasteiger partial charge in [0.05, 0.1) is 6.57 Å². The number of ketones is 1. The highest BCUT2D eigenvalue weighted by Gasteiger charge is 2.29. The third-order valence-corrected chi connectivity index (χ3v) is 6.50. The van der Waals surface area contributed by atoms with E-state index in [1.54, 1.807) is 0 Å². The van der Waals surface area contributed by atoms with Gasteiger partial charge in [-0.2, -0.15) is 0 Å². The first-order valence-electron chi connectivity index (χ1n) is 10.0. The van der Waals surface area contributed by atoms with Gasteiger partial charge < -0.3 is 0 Å². The monoisotopic (exact) mass is 463 g/mol. The molecule has 4 aromatic carbocycles. The van der Waals surface area contributed by atoms with Gasteiger partial charge in [-0.05, 0) is 82.6 Å². The molecule has 5 rings (SSSR count). The van der Waals surface area contributed by atoms with Crippen LogP contribution in [-0.4, -0.2) is 5.78 Å². The molecule has 0 radical (unpaired) electrons. The van der Waals surface area contributed by atoms with E-state index in [0.717, 1.165) is 60.1 Å². The quantitative estimate of drug-likeness (QED) is 0.242. The molecule has 0 N–H and O–H groups in total. The Bertz CT molecular complexity index is 1410. The minimum absolute atomic E-state index is 0.0717. The number of fused-ring (bicyclic) bond motifs is 3. The zero-order chi connectivity index (χ0) is 21.7. The molecule has 0 saturated heterocycles. The first-order valence-corrected chi connectivity index (χ1v) is 10.8. The summed E-state index contributed by atoms with van der Waals surface area (Å²) in [6.07, 6.45) is 0. The Kier molecular flexibility index (Phi) is 4.61. The van der Waals surface area contributed by atoms with Crippen LogP contribution in [0.5, 0.6) is 0 Å². The average molecular weight is 464 g/mol. The Balaban J connectivity index is 1.63. The molecule has 1 aliphatic rings. The largest absolute Gasteiger partial charge is 0.289 e. The summed E-state index contributed by atoms with van der Waals surface area (Å²) in [6.45, 7) is 11.3. The van der Waals surface area contributed by atoms with Crippen LogP contribution in [0.1, 0.15) is 27.0 Å². The number of carbonyl (C=O) groups is 1. The third kappa shape index (κ3) is 3.21. The standard InChI is InChI=1S/C28H18BrNO/c1-16-12-24-25-13-17(2)23(19-6-10-21(30-3)11-7-19)15-27(25)28(31)26(24)14-22(16)18-4-8-20(29)9-5-18/h4-15H,1-2H3. The number of rotatable bonds is 2. The van der Waals surface area contributed by atoms with Crippen molar-refractivity contribution in [1.29, 1.82) is 0 Å². The molecule has 0 heterocycles. The summed E-state index contributed by atoms with van der Waals surface area (Å²) < 4.78 is 1.03. The van der Waals surface area contributed by atoms with Crippen molar-refractivity contribution < 1.29 is 4.79 Å². The Morgan fingerprint density at radius 3 is 1.55 bits per heavy atom. The number of nitrogens with zero attached hydrogens (tertiary/aromatic N) is 1. The van der Waals surface area contributed by atoms with Crippen LogP contribution in [-0.2, 0) is 0 Å². The molecule has 0 unspecified atom stereocenters. The van der Waals surface area contributed by atoms with E-state index in [9.17, 15) is 4.79 Å². The van der Waals surface area contributed by atoms with E-state index >= 15 is 0 Å². The predicted octanol–water partition coefficient (Wildman–Crippen LogP) is 8.16. The van der Waals surface area contributed by atoms with Gasteiger partial charge in [-0.1, -0.05) is 64.5 Å². The van der Waals surface area contributed by atoms with Crippen molar-refractivity contribution in [1.82, 2.24) is 0 Å². The maximum absolute atomic E-state index is 13.4. The first kappa shape index (κ1) is 19.5. The molecule has 148 valence electrons. The zero-order valence-corrected chi connectivity index (χ0v) is 18.7. The normalized spacial score (nSPS) is 11.7. The van der Waals surface area contributed by atoms with Crippen molar-refractivity contribution >= 4 is 27.4 Å². The fourth-order valence-electron chi connectivity index (χ4n) is 4.35. The Morgan fingerprint density at radius 2 is 1.10 bits per heavy atom. The van der Waals surface area contributed by atoms with Crippen molar-refractivity contribution in [2.45, 2.75) is 13.8 Å². The summed E-state index contributed by atoms with van der Waals surface area (Å²) in [5, 5.41) is 0. The van der Waals surface area contributed by atoms with E-state index in [-0.39, 0.29) is 5.78 Å². The molecular weight excluding hydrogens is 446 g/mol. The SMILES string of the molecule is [C-]#[N+]c1ccc(-c2cc3c(cc2C)-c2cc(C)c(-c4ccc(Br)cc4)cc2C3=O)cc1. The van der Waals surface area contributed by atoms with Crippen molar-refractivity contribution in [3.8, 4) is 33.4 Å². The van der Waals surface area contributed by atoms with Crippen molar-refractivity contribution in [3.05, 3.63) is 111 Å². The second-order valence-electron chi connectivity index (χ2n) is 7.92. The summed E-state index contributed by atoms with van der Waals surface area (Å²) in [5.74, 6) is 0.0717. The van der Waals surface area contributed by atoms with Gasteiger partial charge >= 0.3 is 0 Å². The highest BCUT2D eigenvalue weighted by molar-refractivity contribution is 9.10. The summed E-state index contributed by atoms with van der Waals surface area (Å²) >= 11 is 3.49. The van der Waals surface area contributed by atoms with Crippen LogP contribution in [0.2, 0.25) is 0 Å². The van der Waals surface area contributed by atoms with Gasteiger partial charge in [-0.3, -0.25) is 4.79 Å². The van der Waals surface area contributed by atoms with E-state index in [1.807, 2.05) is 48.5 Å². The molecule has 1 aliphatic carbocycles. The summed E-state index contributed by atoms with van der Waals surface area (Å²) in [5.41, 5.74) is 10.6. The topological polar surface area (TPSA) is 21.4 Å². The van der Waals surface area contributed by atoms with Gasteiger partial charge in [0, 0.05) is 15.6 Å². The summed E-state index contributed by atoms with van der Waals surface area (Å²) in [4.78, 5) is 16.8. The number of halogens is 1. The molecule has 0 aromatic heterocycles. The van der Waals surface area contributed by atoms with Crippen LogP contribution in [0, 0.1) is 20.4 Å². The lowest BCUT2D eigenvalue weighted by Crippen LogP contribution is -1.97. The van der Waals surface area contributed by atoms with Gasteiger partial charge in [-0.25, -0.2) is 4.85 Å². The number of carbonyl (C=O) groups excluding carboxylic acids is 1. The van der Waals surface area contributed by atoms with Gasteiger partial charge in [0.25, 0.3) is 0 Å². The van der Waals surface area contributed by atoms with Crippen LogP contribution in [0.3, 0.4) is 0 Å². The molecule has 0 saturated carbocycles. The van der Waals surface area contributed by atoms with Crippen molar-refractivity contribution in [3.63, 3.8) is 0 Å². The van der Waals surface area contributed by atoms with Gasteiger partial charge in [-0.15, -0.1) is 0 Å². The smallest absolute Gasteiger partial charge is 0.194 e. The molecule has 0 spiro atoms. The summed E-state index contributed by atoms with van der Waals surface area (Å²) in [7, 11) is 0. The zero-order valence-electron chi connectivity index (χ0n) is 17.2. The molecule has 0 atom stereocenters. The second-order valence-corrected chi connectivity index (χ2v) is 8.84. The van der Waals surface area contributed by atoms with Crippen LogP contribution in [0.4, 0.5) is 5.69 Å². The predicted molar refractivity (Wildman–Crippen MR) is 130 cm³/mol. The molecule has 0 bridgehead atoms. The Morgan fingerprint density at radius 1 is 0.645 bits per heavy atom. The van der Waals surface area contributed by atoms with Crippen LogP contribution in [0.15, 0.2) is 77.3 Å². The molecule has 0 aliphatic heterocycles. The average Bonchev–Trinajstić information content (AvgIpc) is 3.04. The lowest BCUT2D eigenvalue weighted by Gasteiger charge is -2.11. The van der Waals surface area contributed by atoms with Crippen LogP contribution >= 0.6 is 15.9 Å². The van der Waals surface area contributed by atoms with Gasteiger partial charge in [0.15, 0.2) is 11.5 Å². The third-order valence-electron chi connectivity index (χ3n) is 5.97. The van der Waals surface area contributed by atoms with Gasteiger partial charge in [0.1, 0.15) is 0 Å². The molecular formula is C28H18BrNO. The Hall–Kier alpha value is -3.48. The number of hydrogen-bond acceptors (Lipinski definition) is 1. The highest BCUT2D eigenvalue weighted by atomic mass is 79.9. The molecule has 2 nitrogen and oxygen atoms in total. The summed E-state index contributed by atoms with van der Waals surface area (Å²) in [6, 6.07) is 24.0. The maximum Gasteiger partial charge on any atom is 0.194 e. The van der Waals surface area contributed by atoms with Crippen molar-refractivity contribution in [2.75, 3.05) is 0 Å². The molecule has 4 aromatic rings. The second kappa shape index (κ2) is 7.34. The number of benzene rings is 4. The van der Waals surface area contributed by atoms with Crippen LogP contribution < -0.4 is 0 Å². The fourth-order valence-corrected chi connectivity index (χ4v) is 4.61.